The first-order valence-corrected chi connectivity index (χ1v) is 8.62. The molecule has 0 aliphatic rings. The van der Waals surface area contributed by atoms with E-state index in [0.717, 1.165) is 5.54 Å². The van der Waals surface area contributed by atoms with Gasteiger partial charge in [-0.3, -0.25) is 0 Å². The molecular weight excluding hydrogens is 172 g/mol. The fourth-order valence-electron chi connectivity index (χ4n) is 1.27. The minimum atomic E-state index is -0.943. The first-order chi connectivity index (χ1) is 6.00. The van der Waals surface area contributed by atoms with Crippen molar-refractivity contribution in [1.29, 1.82) is 0 Å². The van der Waals surface area contributed by atoms with Crippen LogP contribution in [0.4, 0.5) is 0 Å². The zero-order chi connectivity index (χ0) is 9.90. The minimum absolute atomic E-state index is 0.870. The Morgan fingerprint density at radius 1 is 1.08 bits per heavy atom. The maximum absolute atomic E-state index is 2.45. The van der Waals surface area contributed by atoms with Gasteiger partial charge in [-0.05, 0) is 17.5 Å². The van der Waals surface area contributed by atoms with Crippen LogP contribution in [-0.2, 0) is 6.42 Å². The molecule has 1 aromatic rings. The normalized spacial score (nSPS) is 14.2. The summed E-state index contributed by atoms with van der Waals surface area (Å²) >= 11 is 0. The molecule has 0 aromatic heterocycles. The van der Waals surface area contributed by atoms with Gasteiger partial charge in [-0.2, -0.15) is 0 Å². The van der Waals surface area contributed by atoms with Crippen LogP contribution in [0.15, 0.2) is 30.3 Å². The van der Waals surface area contributed by atoms with Crippen LogP contribution in [0.25, 0.3) is 0 Å². The van der Waals surface area contributed by atoms with Crippen molar-refractivity contribution < 1.29 is 0 Å². The largest absolute Gasteiger partial charge is 0.0693 e. The Morgan fingerprint density at radius 3 is 2.08 bits per heavy atom. The molecule has 0 nitrogen and oxygen atoms in total. The Hall–Kier alpha value is -0.563. The Labute approximate surface area is 83.0 Å². The summed E-state index contributed by atoms with van der Waals surface area (Å²) < 4.78 is 0. The Kier molecular flexibility index (Phi) is 3.31. The van der Waals surface area contributed by atoms with E-state index < -0.39 is 8.07 Å². The average Bonchev–Trinajstić information content (AvgIpc) is 2.04. The van der Waals surface area contributed by atoms with Gasteiger partial charge >= 0.3 is 0 Å². The first kappa shape index (κ1) is 10.5. The Balaban J connectivity index is 2.61. The molecule has 1 rings (SSSR count). The van der Waals surface area contributed by atoms with Gasteiger partial charge in [-0.25, -0.2) is 0 Å². The van der Waals surface area contributed by atoms with E-state index in [-0.39, 0.29) is 0 Å². The highest BCUT2D eigenvalue weighted by atomic mass is 28.3. The summed E-state index contributed by atoms with van der Waals surface area (Å²) in [5, 5.41) is 0. The fraction of sp³-hybridized carbons (Fsp3) is 0.500. The second-order valence-corrected chi connectivity index (χ2v) is 10.7. The zero-order valence-corrected chi connectivity index (χ0v) is 10.2. The summed E-state index contributed by atoms with van der Waals surface area (Å²) in [6, 6.07) is 10.8. The van der Waals surface area contributed by atoms with E-state index in [1.807, 2.05) is 0 Å². The molecule has 0 aliphatic carbocycles. The van der Waals surface area contributed by atoms with E-state index in [9.17, 15) is 0 Å². The zero-order valence-electron chi connectivity index (χ0n) is 9.17. The molecule has 1 heteroatoms. The number of benzene rings is 1. The monoisotopic (exact) mass is 192 g/mol. The van der Waals surface area contributed by atoms with Gasteiger partial charge in [0.2, 0.25) is 0 Å². The predicted octanol–water partition coefficient (Wildman–Crippen LogP) is 3.96. The van der Waals surface area contributed by atoms with Crippen LogP contribution in [0.3, 0.4) is 0 Å². The summed E-state index contributed by atoms with van der Waals surface area (Å²) in [7, 11) is -0.943. The Morgan fingerprint density at radius 2 is 1.62 bits per heavy atom. The highest BCUT2D eigenvalue weighted by Crippen LogP contribution is 2.24. The van der Waals surface area contributed by atoms with Gasteiger partial charge in [0.25, 0.3) is 0 Å². The molecule has 72 valence electrons. The minimum Gasteiger partial charge on any atom is -0.0693 e. The molecule has 0 fully saturated rings. The molecule has 0 bridgehead atoms. The molecule has 0 saturated carbocycles. The van der Waals surface area contributed by atoms with Gasteiger partial charge in [0.05, 0.1) is 0 Å². The molecule has 1 aromatic carbocycles. The molecule has 0 unspecified atom stereocenters. The molecule has 0 aliphatic heterocycles. The highest BCUT2D eigenvalue weighted by molar-refractivity contribution is 6.77. The van der Waals surface area contributed by atoms with Gasteiger partial charge in [-0.15, -0.1) is 0 Å². The van der Waals surface area contributed by atoms with Crippen LogP contribution < -0.4 is 0 Å². The number of rotatable bonds is 3. The topological polar surface area (TPSA) is 0 Å². The lowest BCUT2D eigenvalue weighted by Crippen LogP contribution is -2.27. The van der Waals surface area contributed by atoms with Crippen molar-refractivity contribution in [3.63, 3.8) is 0 Å². The molecule has 1 atom stereocenters. The van der Waals surface area contributed by atoms with E-state index in [4.69, 9.17) is 0 Å². The van der Waals surface area contributed by atoms with E-state index in [0.29, 0.717) is 0 Å². The third-order valence-electron chi connectivity index (χ3n) is 2.86. The maximum atomic E-state index is 2.45. The van der Waals surface area contributed by atoms with Gasteiger partial charge in [0, 0.05) is 8.07 Å². The van der Waals surface area contributed by atoms with Crippen LogP contribution in [-0.4, -0.2) is 8.07 Å². The summed E-state index contributed by atoms with van der Waals surface area (Å²) in [6.07, 6.45) is 1.25. The summed E-state index contributed by atoms with van der Waals surface area (Å²) in [6.45, 7) is 9.72. The van der Waals surface area contributed by atoms with Gasteiger partial charge in [-0.1, -0.05) is 56.9 Å². The molecule has 13 heavy (non-hydrogen) atoms. The van der Waals surface area contributed by atoms with Crippen molar-refractivity contribution in [2.45, 2.75) is 38.5 Å². The fourth-order valence-corrected chi connectivity index (χ4v) is 2.12. The highest BCUT2D eigenvalue weighted by Gasteiger charge is 2.21. The second-order valence-electron chi connectivity index (χ2n) is 4.96. The third kappa shape index (κ3) is 3.35. The van der Waals surface area contributed by atoms with Gasteiger partial charge in [0.1, 0.15) is 0 Å². The van der Waals surface area contributed by atoms with Crippen LogP contribution >= 0.6 is 0 Å². The van der Waals surface area contributed by atoms with Gasteiger partial charge < -0.3 is 0 Å². The quantitative estimate of drug-likeness (QED) is 0.636. The summed E-state index contributed by atoms with van der Waals surface area (Å²) in [5.74, 6) is 0. The lowest BCUT2D eigenvalue weighted by atomic mass is 10.1. The molecule has 0 N–H and O–H groups in total. The van der Waals surface area contributed by atoms with Crippen molar-refractivity contribution in [3.05, 3.63) is 35.9 Å². The maximum Gasteiger partial charge on any atom is 0.0474 e. The number of hydrogen-bond donors (Lipinski definition) is 0. The molecule has 0 amide bonds. The van der Waals surface area contributed by atoms with Crippen LogP contribution in [0.2, 0.25) is 25.2 Å². The van der Waals surface area contributed by atoms with Crippen molar-refractivity contribution in [2.24, 2.45) is 0 Å². The molecular formula is C12H20Si. The van der Waals surface area contributed by atoms with Crippen molar-refractivity contribution in [3.8, 4) is 0 Å². The Bertz CT molecular complexity index is 246. The number of hydrogen-bond acceptors (Lipinski definition) is 0. The smallest absolute Gasteiger partial charge is 0.0474 e. The van der Waals surface area contributed by atoms with E-state index >= 15 is 0 Å². The molecule has 0 saturated heterocycles. The lowest BCUT2D eigenvalue weighted by Gasteiger charge is -2.25. The van der Waals surface area contributed by atoms with E-state index in [1.165, 1.54) is 12.0 Å². The standard InChI is InChI=1S/C12H20Si/c1-11(13(2,3)4)10-12-8-6-5-7-9-12/h5-9,11H,10H2,1-4H3/t11-/m0/s1. The van der Waals surface area contributed by atoms with E-state index in [2.05, 4.69) is 56.9 Å². The SMILES string of the molecule is C[C@@H](Cc1ccccc1)[Si](C)(C)C. The summed E-state index contributed by atoms with van der Waals surface area (Å²) in [4.78, 5) is 0. The van der Waals surface area contributed by atoms with Crippen LogP contribution in [0.5, 0.6) is 0 Å². The first-order valence-electron chi connectivity index (χ1n) is 5.04. The van der Waals surface area contributed by atoms with Crippen molar-refractivity contribution in [2.75, 3.05) is 0 Å². The lowest BCUT2D eigenvalue weighted by molar-refractivity contribution is 0.875. The van der Waals surface area contributed by atoms with Gasteiger partial charge in [0.15, 0.2) is 0 Å². The summed E-state index contributed by atoms with van der Waals surface area (Å²) in [5.41, 5.74) is 2.35. The average molecular weight is 192 g/mol. The van der Waals surface area contributed by atoms with Crippen LogP contribution in [0.1, 0.15) is 12.5 Å². The molecule has 0 heterocycles. The second kappa shape index (κ2) is 4.10. The predicted molar refractivity (Wildman–Crippen MR) is 62.9 cm³/mol. The van der Waals surface area contributed by atoms with E-state index in [1.54, 1.807) is 0 Å². The third-order valence-corrected chi connectivity index (χ3v) is 6.02. The van der Waals surface area contributed by atoms with Crippen LogP contribution in [0, 0.1) is 0 Å². The molecule has 0 radical (unpaired) electrons. The molecule has 0 spiro atoms. The van der Waals surface area contributed by atoms with Crippen molar-refractivity contribution in [1.82, 2.24) is 0 Å². The van der Waals surface area contributed by atoms with Crippen molar-refractivity contribution >= 4 is 8.07 Å².